The Labute approximate surface area is 134 Å². The lowest BCUT2D eigenvalue weighted by Crippen LogP contribution is -2.36. The summed E-state index contributed by atoms with van der Waals surface area (Å²) in [6.45, 7) is 6.04. The van der Waals surface area contributed by atoms with Gasteiger partial charge >= 0.3 is 11.8 Å². The third-order valence-corrected chi connectivity index (χ3v) is 3.39. The highest BCUT2D eigenvalue weighted by atomic mass is 16.5. The standard InChI is InChI=1S/C16H20N4O3/c1-10-6-7-13(9-11(10)2)19-16(22)15(21)17-8-4-5-14-18-12(3)20-23-14/h6-7,9H,4-5,8H2,1-3H3,(H,17,21)(H,19,22). The van der Waals surface area contributed by atoms with E-state index in [0.717, 1.165) is 11.1 Å². The molecule has 2 aromatic rings. The molecule has 0 unspecified atom stereocenters. The van der Waals surface area contributed by atoms with Crippen molar-refractivity contribution in [3.05, 3.63) is 41.0 Å². The first-order valence-corrected chi connectivity index (χ1v) is 7.41. The van der Waals surface area contributed by atoms with Gasteiger partial charge in [0.1, 0.15) is 0 Å². The summed E-state index contributed by atoms with van der Waals surface area (Å²) in [5.41, 5.74) is 2.79. The van der Waals surface area contributed by atoms with Crippen LogP contribution in [0.4, 0.5) is 5.69 Å². The predicted octanol–water partition coefficient (Wildman–Crippen LogP) is 1.68. The molecule has 23 heavy (non-hydrogen) atoms. The second-order valence-electron chi connectivity index (χ2n) is 5.35. The molecule has 0 aliphatic rings. The monoisotopic (exact) mass is 316 g/mol. The SMILES string of the molecule is Cc1noc(CCCNC(=O)C(=O)Nc2ccc(C)c(C)c2)n1. The summed E-state index contributed by atoms with van der Waals surface area (Å²) in [7, 11) is 0. The van der Waals surface area contributed by atoms with Crippen LogP contribution in [0.5, 0.6) is 0 Å². The number of hydrogen-bond acceptors (Lipinski definition) is 5. The van der Waals surface area contributed by atoms with Gasteiger partial charge in [-0.3, -0.25) is 9.59 Å². The Bertz CT molecular complexity index is 709. The molecule has 0 fully saturated rings. The van der Waals surface area contributed by atoms with Gasteiger partial charge in [0.25, 0.3) is 0 Å². The molecular formula is C16H20N4O3. The van der Waals surface area contributed by atoms with Crippen LogP contribution in [0.3, 0.4) is 0 Å². The van der Waals surface area contributed by atoms with Crippen molar-refractivity contribution in [1.29, 1.82) is 0 Å². The Hall–Kier alpha value is -2.70. The molecule has 7 heteroatoms. The van der Waals surface area contributed by atoms with E-state index in [1.807, 2.05) is 26.0 Å². The van der Waals surface area contributed by atoms with Crippen LogP contribution in [-0.2, 0) is 16.0 Å². The maximum atomic E-state index is 11.8. The number of nitrogens with zero attached hydrogens (tertiary/aromatic N) is 2. The minimum atomic E-state index is -0.679. The van der Waals surface area contributed by atoms with Crippen LogP contribution in [0.25, 0.3) is 0 Å². The lowest BCUT2D eigenvalue weighted by atomic mass is 10.1. The zero-order valence-electron chi connectivity index (χ0n) is 13.5. The fraction of sp³-hybridized carbons (Fsp3) is 0.375. The normalized spacial score (nSPS) is 10.4. The van der Waals surface area contributed by atoms with Gasteiger partial charge in [-0.15, -0.1) is 0 Å². The van der Waals surface area contributed by atoms with E-state index < -0.39 is 11.8 Å². The molecule has 1 aromatic heterocycles. The molecular weight excluding hydrogens is 296 g/mol. The number of carbonyl (C=O) groups excluding carboxylic acids is 2. The first-order valence-electron chi connectivity index (χ1n) is 7.41. The molecule has 0 saturated heterocycles. The molecule has 0 atom stereocenters. The van der Waals surface area contributed by atoms with Crippen molar-refractivity contribution in [2.24, 2.45) is 0 Å². The number of hydrogen-bond donors (Lipinski definition) is 2. The maximum Gasteiger partial charge on any atom is 0.313 e. The van der Waals surface area contributed by atoms with Crippen LogP contribution in [0.2, 0.25) is 0 Å². The summed E-state index contributed by atoms with van der Waals surface area (Å²) in [4.78, 5) is 27.6. The molecule has 2 amide bonds. The smallest absolute Gasteiger partial charge is 0.313 e. The van der Waals surface area contributed by atoms with Crippen LogP contribution < -0.4 is 10.6 Å². The second kappa shape index (κ2) is 7.53. The largest absolute Gasteiger partial charge is 0.348 e. The van der Waals surface area contributed by atoms with Gasteiger partial charge in [0.05, 0.1) is 0 Å². The highest BCUT2D eigenvalue weighted by Gasteiger charge is 2.13. The number of anilines is 1. The fourth-order valence-electron chi connectivity index (χ4n) is 1.97. The predicted molar refractivity (Wildman–Crippen MR) is 84.9 cm³/mol. The Morgan fingerprint density at radius 3 is 2.57 bits per heavy atom. The van der Waals surface area contributed by atoms with Crippen molar-refractivity contribution >= 4 is 17.5 Å². The van der Waals surface area contributed by atoms with Crippen molar-refractivity contribution in [2.75, 3.05) is 11.9 Å². The molecule has 0 aliphatic heterocycles. The quantitative estimate of drug-likeness (QED) is 0.646. The molecule has 1 heterocycles. The van der Waals surface area contributed by atoms with Crippen LogP contribution in [0, 0.1) is 20.8 Å². The Kier molecular flexibility index (Phi) is 5.46. The third kappa shape index (κ3) is 4.91. The van der Waals surface area contributed by atoms with Crippen molar-refractivity contribution < 1.29 is 14.1 Å². The molecule has 0 aliphatic carbocycles. The first-order chi connectivity index (χ1) is 11.0. The number of rotatable bonds is 5. The molecule has 0 bridgehead atoms. The van der Waals surface area contributed by atoms with E-state index in [2.05, 4.69) is 20.8 Å². The fourth-order valence-corrected chi connectivity index (χ4v) is 1.97. The second-order valence-corrected chi connectivity index (χ2v) is 5.35. The lowest BCUT2D eigenvalue weighted by molar-refractivity contribution is -0.136. The highest BCUT2D eigenvalue weighted by Crippen LogP contribution is 2.13. The Morgan fingerprint density at radius 1 is 1.13 bits per heavy atom. The van der Waals surface area contributed by atoms with Gasteiger partial charge in [0.2, 0.25) is 5.89 Å². The van der Waals surface area contributed by atoms with Gasteiger partial charge in [0, 0.05) is 18.7 Å². The average Bonchev–Trinajstić information content (AvgIpc) is 2.92. The van der Waals surface area contributed by atoms with Crippen molar-refractivity contribution in [2.45, 2.75) is 33.6 Å². The molecule has 0 spiro atoms. The van der Waals surface area contributed by atoms with Gasteiger partial charge in [-0.2, -0.15) is 4.98 Å². The number of nitrogens with one attached hydrogen (secondary N) is 2. The maximum absolute atomic E-state index is 11.8. The summed E-state index contributed by atoms with van der Waals surface area (Å²) in [5, 5.41) is 8.83. The minimum Gasteiger partial charge on any atom is -0.348 e. The van der Waals surface area contributed by atoms with Crippen molar-refractivity contribution in [1.82, 2.24) is 15.5 Å². The zero-order chi connectivity index (χ0) is 16.8. The van der Waals surface area contributed by atoms with E-state index in [9.17, 15) is 9.59 Å². The number of aryl methyl sites for hydroxylation is 4. The average molecular weight is 316 g/mol. The minimum absolute atomic E-state index is 0.362. The summed E-state index contributed by atoms with van der Waals surface area (Å²) in [6.07, 6.45) is 1.17. The molecule has 7 nitrogen and oxygen atoms in total. The van der Waals surface area contributed by atoms with Crippen molar-refractivity contribution in [3.63, 3.8) is 0 Å². The number of benzene rings is 1. The summed E-state index contributed by atoms with van der Waals surface area (Å²) < 4.78 is 4.97. The molecule has 0 saturated carbocycles. The molecule has 2 N–H and O–H groups in total. The molecule has 0 radical (unpaired) electrons. The summed E-state index contributed by atoms with van der Waals surface area (Å²) >= 11 is 0. The molecule has 1 aromatic carbocycles. The van der Waals surface area contributed by atoms with E-state index in [0.29, 0.717) is 36.8 Å². The van der Waals surface area contributed by atoms with Crippen LogP contribution >= 0.6 is 0 Å². The van der Waals surface area contributed by atoms with E-state index in [1.54, 1.807) is 13.0 Å². The number of aromatic nitrogens is 2. The number of carbonyl (C=O) groups is 2. The van der Waals surface area contributed by atoms with E-state index in [-0.39, 0.29) is 0 Å². The van der Waals surface area contributed by atoms with Crippen LogP contribution in [0.1, 0.15) is 29.3 Å². The lowest BCUT2D eigenvalue weighted by Gasteiger charge is -2.08. The summed E-state index contributed by atoms with van der Waals surface area (Å²) in [6, 6.07) is 5.50. The molecule has 122 valence electrons. The van der Waals surface area contributed by atoms with E-state index in [4.69, 9.17) is 4.52 Å². The summed E-state index contributed by atoms with van der Waals surface area (Å²) in [5.74, 6) is -0.236. The molecule has 2 rings (SSSR count). The van der Waals surface area contributed by atoms with Gasteiger partial charge in [-0.25, -0.2) is 0 Å². The first kappa shape index (κ1) is 16.7. The zero-order valence-corrected chi connectivity index (χ0v) is 13.5. The van der Waals surface area contributed by atoms with Gasteiger partial charge in [0.15, 0.2) is 5.82 Å². The van der Waals surface area contributed by atoms with Gasteiger partial charge in [-0.1, -0.05) is 11.2 Å². The van der Waals surface area contributed by atoms with Crippen molar-refractivity contribution in [3.8, 4) is 0 Å². The van der Waals surface area contributed by atoms with Crippen LogP contribution in [0.15, 0.2) is 22.7 Å². The van der Waals surface area contributed by atoms with Crippen LogP contribution in [-0.4, -0.2) is 28.5 Å². The van der Waals surface area contributed by atoms with Gasteiger partial charge in [-0.05, 0) is 50.5 Å². The van der Waals surface area contributed by atoms with Gasteiger partial charge < -0.3 is 15.2 Å². The topological polar surface area (TPSA) is 97.1 Å². The number of amides is 2. The highest BCUT2D eigenvalue weighted by molar-refractivity contribution is 6.39. The van der Waals surface area contributed by atoms with E-state index >= 15 is 0 Å². The third-order valence-electron chi connectivity index (χ3n) is 3.39. The Morgan fingerprint density at radius 2 is 1.91 bits per heavy atom. The Balaban J connectivity index is 1.74. The van der Waals surface area contributed by atoms with E-state index in [1.165, 1.54) is 0 Å².